The van der Waals surface area contributed by atoms with E-state index in [0.717, 1.165) is 14.7 Å². The number of hydrogen-bond donors (Lipinski definition) is 1. The first kappa shape index (κ1) is 15.4. The van der Waals surface area contributed by atoms with Crippen molar-refractivity contribution < 1.29 is 9.85 Å². The summed E-state index contributed by atoms with van der Waals surface area (Å²) in [5, 5.41) is 24.6. The number of rotatable bonds is 6. The fraction of sp³-hybridized carbons (Fsp3) is 0.167. The van der Waals surface area contributed by atoms with E-state index < -0.39 is 9.85 Å². The number of nitro benzene ring substituents is 2. The molecule has 0 fully saturated rings. The summed E-state index contributed by atoms with van der Waals surface area (Å²) in [5.41, 5.74) is -0.313. The Balaban J connectivity index is 2.08. The second-order valence-electron chi connectivity index (χ2n) is 4.10. The van der Waals surface area contributed by atoms with E-state index in [0.29, 0.717) is 13.0 Å². The van der Waals surface area contributed by atoms with Crippen molar-refractivity contribution in [2.45, 2.75) is 6.42 Å². The van der Waals surface area contributed by atoms with Crippen LogP contribution in [0.4, 0.5) is 17.1 Å². The van der Waals surface area contributed by atoms with E-state index in [9.17, 15) is 20.2 Å². The monoisotopic (exact) mass is 371 g/mol. The van der Waals surface area contributed by atoms with Gasteiger partial charge >= 0.3 is 0 Å². The Bertz CT molecular complexity index is 689. The summed E-state index contributed by atoms with van der Waals surface area (Å²) < 4.78 is 1.03. The molecule has 0 aliphatic rings. The molecule has 7 nitrogen and oxygen atoms in total. The van der Waals surface area contributed by atoms with Gasteiger partial charge in [-0.3, -0.25) is 20.2 Å². The molecule has 21 heavy (non-hydrogen) atoms. The topological polar surface area (TPSA) is 98.3 Å². The smallest absolute Gasteiger partial charge is 0.299 e. The van der Waals surface area contributed by atoms with Crippen molar-refractivity contribution in [2.24, 2.45) is 0 Å². The van der Waals surface area contributed by atoms with Crippen LogP contribution in [0.5, 0.6) is 0 Å². The third-order valence-corrected chi connectivity index (χ3v) is 4.39. The number of thiophene rings is 1. The molecule has 0 radical (unpaired) electrons. The normalized spacial score (nSPS) is 10.3. The highest BCUT2D eigenvalue weighted by molar-refractivity contribution is 9.11. The van der Waals surface area contributed by atoms with Crippen LogP contribution in [-0.2, 0) is 6.42 Å². The number of benzene rings is 1. The summed E-state index contributed by atoms with van der Waals surface area (Å²) in [4.78, 5) is 21.5. The maximum atomic E-state index is 11.0. The molecule has 110 valence electrons. The van der Waals surface area contributed by atoms with Gasteiger partial charge in [-0.05, 0) is 40.5 Å². The van der Waals surface area contributed by atoms with Crippen molar-refractivity contribution in [1.29, 1.82) is 0 Å². The molecule has 1 heterocycles. The second kappa shape index (κ2) is 6.64. The molecule has 0 amide bonds. The van der Waals surface area contributed by atoms with Gasteiger partial charge in [-0.1, -0.05) is 0 Å². The number of nitrogens with one attached hydrogen (secondary N) is 1. The number of nitrogens with zero attached hydrogens (tertiary/aromatic N) is 2. The summed E-state index contributed by atoms with van der Waals surface area (Å²) >= 11 is 4.96. The van der Waals surface area contributed by atoms with E-state index in [1.54, 1.807) is 11.3 Å². The maximum absolute atomic E-state index is 11.0. The molecule has 0 unspecified atom stereocenters. The van der Waals surface area contributed by atoms with E-state index in [1.807, 2.05) is 12.1 Å². The largest absolute Gasteiger partial charge is 0.379 e. The van der Waals surface area contributed by atoms with Crippen LogP contribution in [0.2, 0.25) is 0 Å². The van der Waals surface area contributed by atoms with Crippen LogP contribution < -0.4 is 5.32 Å². The maximum Gasteiger partial charge on any atom is 0.299 e. The molecule has 0 saturated carbocycles. The van der Waals surface area contributed by atoms with Crippen molar-refractivity contribution in [2.75, 3.05) is 11.9 Å². The van der Waals surface area contributed by atoms with Crippen LogP contribution in [0.3, 0.4) is 0 Å². The summed E-state index contributed by atoms with van der Waals surface area (Å²) in [6.07, 6.45) is 0.713. The van der Waals surface area contributed by atoms with Crippen LogP contribution in [0.1, 0.15) is 4.88 Å². The number of halogens is 1. The molecule has 0 atom stereocenters. The lowest BCUT2D eigenvalue weighted by molar-refractivity contribution is -0.393. The number of non-ortho nitro benzene ring substituents is 1. The molecule has 0 saturated heterocycles. The molecule has 1 aromatic heterocycles. The summed E-state index contributed by atoms with van der Waals surface area (Å²) in [6, 6.07) is 7.48. The van der Waals surface area contributed by atoms with Gasteiger partial charge < -0.3 is 5.32 Å². The standard InChI is InChI=1S/C12H10BrN3O4S/c13-12-4-2-9(21-12)5-6-14-10-3-1-8(15(17)18)7-11(10)16(19)20/h1-4,7,14H,5-6H2. The first-order valence-electron chi connectivity index (χ1n) is 5.88. The Morgan fingerprint density at radius 2 is 1.90 bits per heavy atom. The minimum atomic E-state index is -0.653. The highest BCUT2D eigenvalue weighted by atomic mass is 79.9. The van der Waals surface area contributed by atoms with Crippen molar-refractivity contribution >= 4 is 44.3 Å². The minimum Gasteiger partial charge on any atom is -0.379 e. The fourth-order valence-corrected chi connectivity index (χ4v) is 3.22. The Morgan fingerprint density at radius 3 is 2.48 bits per heavy atom. The van der Waals surface area contributed by atoms with Crippen LogP contribution in [0, 0.1) is 20.2 Å². The van der Waals surface area contributed by atoms with Gasteiger partial charge in [-0.2, -0.15) is 0 Å². The zero-order valence-corrected chi connectivity index (χ0v) is 13.0. The Hall–Kier alpha value is -2.00. The molecule has 2 aromatic rings. The molecule has 0 aliphatic carbocycles. The van der Waals surface area contributed by atoms with Crippen molar-refractivity contribution in [3.05, 3.63) is 59.2 Å². The van der Waals surface area contributed by atoms with Crippen LogP contribution in [0.25, 0.3) is 0 Å². The third-order valence-electron chi connectivity index (χ3n) is 2.70. The van der Waals surface area contributed by atoms with E-state index in [2.05, 4.69) is 21.2 Å². The van der Waals surface area contributed by atoms with Crippen molar-refractivity contribution in [1.82, 2.24) is 0 Å². The van der Waals surface area contributed by atoms with Gasteiger partial charge in [0.1, 0.15) is 5.69 Å². The molecule has 0 spiro atoms. The average molecular weight is 372 g/mol. The minimum absolute atomic E-state index is 0.279. The van der Waals surface area contributed by atoms with Gasteiger partial charge in [0.25, 0.3) is 11.4 Å². The zero-order valence-electron chi connectivity index (χ0n) is 10.6. The van der Waals surface area contributed by atoms with Crippen molar-refractivity contribution in [3.63, 3.8) is 0 Å². The van der Waals surface area contributed by atoms with Gasteiger partial charge in [-0.25, -0.2) is 0 Å². The number of hydrogen-bond acceptors (Lipinski definition) is 6. The SMILES string of the molecule is O=[N+]([O-])c1ccc(NCCc2ccc(Br)s2)c([N+](=O)[O-])c1. The van der Waals surface area contributed by atoms with Gasteiger partial charge in [0.15, 0.2) is 0 Å². The lowest BCUT2D eigenvalue weighted by Crippen LogP contribution is -2.06. The summed E-state index contributed by atoms with van der Waals surface area (Å²) in [7, 11) is 0. The van der Waals surface area contributed by atoms with E-state index >= 15 is 0 Å². The molecule has 0 bridgehead atoms. The van der Waals surface area contributed by atoms with Crippen molar-refractivity contribution in [3.8, 4) is 0 Å². The molecule has 1 N–H and O–H groups in total. The van der Waals surface area contributed by atoms with Crippen LogP contribution >= 0.6 is 27.3 Å². The summed E-state index contributed by atoms with van der Waals surface area (Å²) in [5.74, 6) is 0. The predicted molar refractivity (Wildman–Crippen MR) is 84.0 cm³/mol. The van der Waals surface area contributed by atoms with Gasteiger partial charge in [0.2, 0.25) is 0 Å². The second-order valence-corrected chi connectivity index (χ2v) is 6.65. The van der Waals surface area contributed by atoms with Gasteiger partial charge in [0.05, 0.1) is 19.7 Å². The lowest BCUT2D eigenvalue weighted by atomic mass is 10.2. The Labute approximate surface area is 132 Å². The molecular weight excluding hydrogens is 362 g/mol. The molecular formula is C12H10BrN3O4S. The Kier molecular flexibility index (Phi) is 4.86. The first-order valence-corrected chi connectivity index (χ1v) is 7.49. The molecule has 2 rings (SSSR count). The van der Waals surface area contributed by atoms with E-state index in [4.69, 9.17) is 0 Å². The molecule has 9 heteroatoms. The molecule has 1 aromatic carbocycles. The number of anilines is 1. The average Bonchev–Trinajstić information content (AvgIpc) is 2.84. The lowest BCUT2D eigenvalue weighted by Gasteiger charge is -2.06. The van der Waals surface area contributed by atoms with Gasteiger partial charge in [-0.15, -0.1) is 11.3 Å². The van der Waals surface area contributed by atoms with E-state index in [-0.39, 0.29) is 17.1 Å². The highest BCUT2D eigenvalue weighted by Crippen LogP contribution is 2.29. The highest BCUT2D eigenvalue weighted by Gasteiger charge is 2.19. The third kappa shape index (κ3) is 3.99. The molecule has 0 aliphatic heterocycles. The zero-order chi connectivity index (χ0) is 15.4. The first-order chi connectivity index (χ1) is 9.97. The van der Waals surface area contributed by atoms with Crippen LogP contribution in [0.15, 0.2) is 34.1 Å². The quantitative estimate of drug-likeness (QED) is 0.611. The van der Waals surface area contributed by atoms with E-state index in [1.165, 1.54) is 12.1 Å². The van der Waals surface area contributed by atoms with Gasteiger partial charge in [0, 0.05) is 17.5 Å². The van der Waals surface area contributed by atoms with Crippen LogP contribution in [-0.4, -0.2) is 16.4 Å². The Morgan fingerprint density at radius 1 is 1.14 bits per heavy atom. The fourth-order valence-electron chi connectivity index (χ4n) is 1.74. The summed E-state index contributed by atoms with van der Waals surface area (Å²) in [6.45, 7) is 0.506. The predicted octanol–water partition coefficient (Wildman–Crippen LogP) is 3.98. The number of nitro groups is 2.